The van der Waals surface area contributed by atoms with Gasteiger partial charge in [0.15, 0.2) is 0 Å². The molecule has 3 aromatic rings. The Hall–Kier alpha value is -2.66. The van der Waals surface area contributed by atoms with Gasteiger partial charge in [-0.1, -0.05) is 23.8 Å². The lowest BCUT2D eigenvalue weighted by Gasteiger charge is -2.23. The largest absolute Gasteiger partial charge is 0.483 e. The van der Waals surface area contributed by atoms with Crippen molar-refractivity contribution in [1.82, 2.24) is 9.88 Å². The summed E-state index contributed by atoms with van der Waals surface area (Å²) in [7, 11) is 0. The zero-order valence-corrected chi connectivity index (χ0v) is 15.4. The lowest BCUT2D eigenvalue weighted by molar-refractivity contribution is -0.132. The number of amides is 1. The molecule has 4 rings (SSSR count). The van der Waals surface area contributed by atoms with Crippen LogP contribution in [0.1, 0.15) is 28.5 Å². The van der Waals surface area contributed by atoms with E-state index in [-0.39, 0.29) is 12.0 Å². The van der Waals surface area contributed by atoms with Crippen LogP contribution < -0.4 is 4.74 Å². The van der Waals surface area contributed by atoms with Crippen molar-refractivity contribution in [1.29, 1.82) is 0 Å². The fraction of sp³-hybridized carbons (Fsp3) is 0.238. The standard InChI is InChI=1S/C21H20N2O2S/c1-15-5-6-19-17(10-15)12-23(13-20(25-19)16-7-9-26-14-16)21(24)11-18-4-2-3-8-22-18/h2-10,14,20H,11-13H2,1H3. The highest BCUT2D eigenvalue weighted by Gasteiger charge is 2.27. The Labute approximate surface area is 157 Å². The highest BCUT2D eigenvalue weighted by molar-refractivity contribution is 7.07. The van der Waals surface area contributed by atoms with Crippen LogP contribution in [0, 0.1) is 6.92 Å². The third-order valence-corrected chi connectivity index (χ3v) is 5.26. The molecule has 1 aliphatic heterocycles. The van der Waals surface area contributed by atoms with Crippen LogP contribution in [-0.2, 0) is 17.8 Å². The van der Waals surface area contributed by atoms with Crippen LogP contribution in [0.2, 0.25) is 0 Å². The number of pyridine rings is 1. The Kier molecular flexibility index (Phi) is 4.71. The summed E-state index contributed by atoms with van der Waals surface area (Å²) < 4.78 is 6.28. The molecule has 132 valence electrons. The Morgan fingerprint density at radius 3 is 3.00 bits per heavy atom. The summed E-state index contributed by atoms with van der Waals surface area (Å²) in [5.41, 5.74) is 4.12. The SMILES string of the molecule is Cc1ccc2c(c1)CN(C(=O)Cc1ccccn1)CC(c1ccsc1)O2. The van der Waals surface area contributed by atoms with Gasteiger partial charge < -0.3 is 9.64 Å². The van der Waals surface area contributed by atoms with E-state index in [0.29, 0.717) is 19.5 Å². The zero-order valence-electron chi connectivity index (χ0n) is 14.6. The van der Waals surface area contributed by atoms with Gasteiger partial charge in [0.05, 0.1) is 13.0 Å². The van der Waals surface area contributed by atoms with E-state index in [0.717, 1.165) is 22.6 Å². The summed E-state index contributed by atoms with van der Waals surface area (Å²) in [5, 5.41) is 4.13. The van der Waals surface area contributed by atoms with Crippen LogP contribution in [0.25, 0.3) is 0 Å². The number of hydrogen-bond acceptors (Lipinski definition) is 4. The van der Waals surface area contributed by atoms with Crippen LogP contribution >= 0.6 is 11.3 Å². The van der Waals surface area contributed by atoms with Gasteiger partial charge in [0.1, 0.15) is 11.9 Å². The van der Waals surface area contributed by atoms with E-state index in [9.17, 15) is 4.79 Å². The van der Waals surface area contributed by atoms with Gasteiger partial charge in [0.25, 0.3) is 0 Å². The maximum atomic E-state index is 13.0. The molecule has 0 N–H and O–H groups in total. The summed E-state index contributed by atoms with van der Waals surface area (Å²) in [6, 6.07) is 13.9. The van der Waals surface area contributed by atoms with Gasteiger partial charge in [-0.15, -0.1) is 0 Å². The molecule has 3 heterocycles. The minimum absolute atomic E-state index is 0.0712. The van der Waals surface area contributed by atoms with Crippen LogP contribution in [0.5, 0.6) is 5.75 Å². The number of benzene rings is 1. The molecule has 1 aliphatic rings. The van der Waals surface area contributed by atoms with Crippen molar-refractivity contribution in [2.75, 3.05) is 6.54 Å². The second-order valence-electron chi connectivity index (χ2n) is 6.55. The average molecular weight is 364 g/mol. The smallest absolute Gasteiger partial charge is 0.229 e. The van der Waals surface area contributed by atoms with E-state index in [1.807, 2.05) is 34.5 Å². The van der Waals surface area contributed by atoms with Crippen LogP contribution in [0.3, 0.4) is 0 Å². The molecule has 0 bridgehead atoms. The van der Waals surface area contributed by atoms with E-state index < -0.39 is 0 Å². The van der Waals surface area contributed by atoms with E-state index in [2.05, 4.69) is 35.5 Å². The molecule has 26 heavy (non-hydrogen) atoms. The van der Waals surface area contributed by atoms with Gasteiger partial charge in [-0.3, -0.25) is 9.78 Å². The van der Waals surface area contributed by atoms with Gasteiger partial charge in [-0.2, -0.15) is 11.3 Å². The highest BCUT2D eigenvalue weighted by Crippen LogP contribution is 2.32. The fourth-order valence-electron chi connectivity index (χ4n) is 3.20. The Bertz CT molecular complexity index is 894. The summed E-state index contributed by atoms with van der Waals surface area (Å²) in [5.74, 6) is 0.932. The monoisotopic (exact) mass is 364 g/mol. The molecule has 0 aliphatic carbocycles. The van der Waals surface area contributed by atoms with E-state index in [4.69, 9.17) is 4.74 Å². The minimum atomic E-state index is -0.155. The van der Waals surface area contributed by atoms with Crippen LogP contribution in [0.15, 0.2) is 59.4 Å². The molecular weight excluding hydrogens is 344 g/mol. The van der Waals surface area contributed by atoms with Crippen molar-refractivity contribution in [3.05, 3.63) is 81.8 Å². The predicted octanol–water partition coefficient (Wildman–Crippen LogP) is 4.16. The van der Waals surface area contributed by atoms with Gasteiger partial charge in [-0.25, -0.2) is 0 Å². The molecule has 1 aromatic carbocycles. The summed E-state index contributed by atoms with van der Waals surface area (Å²) >= 11 is 1.64. The van der Waals surface area contributed by atoms with Crippen molar-refractivity contribution < 1.29 is 9.53 Å². The third-order valence-electron chi connectivity index (χ3n) is 4.56. The van der Waals surface area contributed by atoms with Crippen molar-refractivity contribution in [2.24, 2.45) is 0 Å². The third kappa shape index (κ3) is 3.63. The Morgan fingerprint density at radius 2 is 2.23 bits per heavy atom. The number of aromatic nitrogens is 1. The minimum Gasteiger partial charge on any atom is -0.483 e. The number of carbonyl (C=O) groups excluding carboxylic acids is 1. The van der Waals surface area contributed by atoms with E-state index in [1.165, 1.54) is 5.56 Å². The normalized spacial score (nSPS) is 16.5. The molecule has 0 radical (unpaired) electrons. The summed E-state index contributed by atoms with van der Waals surface area (Å²) in [4.78, 5) is 19.1. The van der Waals surface area contributed by atoms with Gasteiger partial charge in [0.2, 0.25) is 5.91 Å². The first-order valence-corrected chi connectivity index (χ1v) is 9.59. The Balaban J connectivity index is 1.63. The topological polar surface area (TPSA) is 42.4 Å². The van der Waals surface area contributed by atoms with Gasteiger partial charge >= 0.3 is 0 Å². The number of carbonyl (C=O) groups is 1. The quantitative estimate of drug-likeness (QED) is 0.701. The molecule has 0 fully saturated rings. The second-order valence-corrected chi connectivity index (χ2v) is 7.33. The summed E-state index contributed by atoms with van der Waals surface area (Å²) in [6.07, 6.45) is 1.87. The first-order valence-electron chi connectivity index (χ1n) is 8.65. The Morgan fingerprint density at radius 1 is 1.31 bits per heavy atom. The number of rotatable bonds is 3. The van der Waals surface area contributed by atoms with Crippen LogP contribution in [-0.4, -0.2) is 22.3 Å². The second kappa shape index (κ2) is 7.30. The van der Waals surface area contributed by atoms with Crippen LogP contribution in [0.4, 0.5) is 0 Å². The lowest BCUT2D eigenvalue weighted by Crippen LogP contribution is -2.35. The number of nitrogens with zero attached hydrogens (tertiary/aromatic N) is 2. The first-order chi connectivity index (χ1) is 12.7. The molecule has 1 amide bonds. The molecule has 4 nitrogen and oxygen atoms in total. The molecule has 5 heteroatoms. The van der Waals surface area contributed by atoms with Crippen molar-refractivity contribution in [3.63, 3.8) is 0 Å². The van der Waals surface area contributed by atoms with Gasteiger partial charge in [-0.05, 0) is 41.9 Å². The molecule has 0 saturated heterocycles. The fourth-order valence-corrected chi connectivity index (χ4v) is 3.90. The summed E-state index contributed by atoms with van der Waals surface area (Å²) in [6.45, 7) is 3.15. The molecular formula is C21H20N2O2S. The average Bonchev–Trinajstić information content (AvgIpc) is 3.11. The number of hydrogen-bond donors (Lipinski definition) is 0. The molecule has 1 unspecified atom stereocenters. The predicted molar refractivity (Wildman–Crippen MR) is 102 cm³/mol. The number of ether oxygens (including phenoxy) is 1. The zero-order chi connectivity index (χ0) is 17.9. The highest BCUT2D eigenvalue weighted by atomic mass is 32.1. The molecule has 1 atom stereocenters. The molecule has 2 aromatic heterocycles. The maximum Gasteiger partial charge on any atom is 0.229 e. The van der Waals surface area contributed by atoms with E-state index >= 15 is 0 Å². The van der Waals surface area contributed by atoms with Crippen molar-refractivity contribution in [2.45, 2.75) is 26.0 Å². The maximum absolute atomic E-state index is 13.0. The first kappa shape index (κ1) is 16.8. The number of fused-ring (bicyclic) bond motifs is 1. The number of thiophene rings is 1. The lowest BCUT2D eigenvalue weighted by atomic mass is 10.1. The van der Waals surface area contributed by atoms with E-state index in [1.54, 1.807) is 17.5 Å². The van der Waals surface area contributed by atoms with Gasteiger partial charge in [0, 0.05) is 29.6 Å². The molecule has 0 saturated carbocycles. The molecule has 0 spiro atoms. The van der Waals surface area contributed by atoms with Crippen molar-refractivity contribution in [3.8, 4) is 5.75 Å². The number of aryl methyl sites for hydroxylation is 1. The van der Waals surface area contributed by atoms with Crippen molar-refractivity contribution >= 4 is 17.2 Å².